The Morgan fingerprint density at radius 1 is 0.972 bits per heavy atom. The van der Waals surface area contributed by atoms with Crippen molar-refractivity contribution in [3.8, 4) is 5.75 Å². The second kappa shape index (κ2) is 12.7. The topological polar surface area (TPSA) is 78.5 Å². The van der Waals surface area contributed by atoms with Gasteiger partial charge in [0.25, 0.3) is 5.56 Å². The van der Waals surface area contributed by atoms with Gasteiger partial charge in [0.15, 0.2) is 8.32 Å². The van der Waals surface area contributed by atoms with Crippen molar-refractivity contribution in [2.45, 2.75) is 71.0 Å². The number of nitrogens with zero attached hydrogens (tertiary/aromatic N) is 1. The van der Waals surface area contributed by atoms with Crippen LogP contribution in [-0.4, -0.2) is 32.5 Å². The Bertz CT molecular complexity index is 1160. The van der Waals surface area contributed by atoms with E-state index in [1.807, 2.05) is 54.6 Å². The minimum absolute atomic E-state index is 0.00715. The summed E-state index contributed by atoms with van der Waals surface area (Å²) < 4.78 is 15.0. The van der Waals surface area contributed by atoms with E-state index in [-0.39, 0.29) is 10.6 Å². The SMILES string of the molecule is CC(C)(C)[Si](C)(C)O[C@H](CNCCCCCN)n1c(=O)ccc2cccc(OCc3ccccc3)c21. The fourth-order valence-corrected chi connectivity index (χ4v) is 5.14. The Labute approximate surface area is 216 Å². The summed E-state index contributed by atoms with van der Waals surface area (Å²) in [5, 5.41) is 4.50. The molecule has 6 nitrogen and oxygen atoms in total. The average Bonchev–Trinajstić information content (AvgIpc) is 2.84. The molecule has 3 aromatic rings. The molecule has 0 amide bonds. The number of unbranched alkanes of at least 4 members (excludes halogenated alkanes) is 2. The Morgan fingerprint density at radius 3 is 2.42 bits per heavy atom. The number of hydrogen-bond acceptors (Lipinski definition) is 5. The third kappa shape index (κ3) is 7.29. The highest BCUT2D eigenvalue weighted by atomic mass is 28.4. The van der Waals surface area contributed by atoms with E-state index in [9.17, 15) is 4.79 Å². The number of benzene rings is 2. The van der Waals surface area contributed by atoms with E-state index in [1.54, 1.807) is 10.6 Å². The molecule has 0 unspecified atom stereocenters. The highest BCUT2D eigenvalue weighted by Crippen LogP contribution is 2.39. The maximum absolute atomic E-state index is 13.4. The van der Waals surface area contributed by atoms with E-state index in [4.69, 9.17) is 14.9 Å². The molecule has 2 aromatic carbocycles. The third-order valence-corrected chi connectivity index (χ3v) is 11.5. The summed E-state index contributed by atoms with van der Waals surface area (Å²) in [5.74, 6) is 0.681. The van der Waals surface area contributed by atoms with Gasteiger partial charge in [0, 0.05) is 18.0 Å². The number of para-hydroxylation sites is 1. The molecule has 1 heterocycles. The predicted octanol–water partition coefficient (Wildman–Crippen LogP) is 5.82. The first-order chi connectivity index (χ1) is 17.1. The molecule has 3 rings (SSSR count). The molecular formula is C29H43N3O3Si. The molecule has 196 valence electrons. The number of nitrogens with two attached hydrogens (primary N) is 1. The fraction of sp³-hybridized carbons (Fsp3) is 0.483. The van der Waals surface area contributed by atoms with Gasteiger partial charge in [-0.15, -0.1) is 0 Å². The zero-order valence-corrected chi connectivity index (χ0v) is 23.5. The van der Waals surface area contributed by atoms with Gasteiger partial charge in [-0.3, -0.25) is 9.36 Å². The molecule has 1 aromatic heterocycles. The summed E-state index contributed by atoms with van der Waals surface area (Å²) >= 11 is 0. The van der Waals surface area contributed by atoms with Crippen LogP contribution in [0.25, 0.3) is 10.9 Å². The van der Waals surface area contributed by atoms with E-state index in [0.29, 0.717) is 25.4 Å². The normalized spacial score (nSPS) is 13.2. The molecule has 0 fully saturated rings. The van der Waals surface area contributed by atoms with Crippen LogP contribution >= 0.6 is 0 Å². The summed E-state index contributed by atoms with van der Waals surface area (Å²) in [4.78, 5) is 13.4. The molecule has 0 radical (unpaired) electrons. The second-order valence-corrected chi connectivity index (χ2v) is 15.7. The van der Waals surface area contributed by atoms with E-state index in [1.165, 1.54) is 0 Å². The van der Waals surface area contributed by atoms with Gasteiger partial charge in [-0.2, -0.15) is 0 Å². The summed E-state index contributed by atoms with van der Waals surface area (Å²) in [6.45, 7) is 13.7. The van der Waals surface area contributed by atoms with Gasteiger partial charge in [-0.25, -0.2) is 0 Å². The van der Waals surface area contributed by atoms with Crippen molar-refractivity contribution in [1.29, 1.82) is 0 Å². The van der Waals surface area contributed by atoms with Crippen LogP contribution in [0.5, 0.6) is 5.75 Å². The lowest BCUT2D eigenvalue weighted by atomic mass is 10.2. The lowest BCUT2D eigenvalue weighted by Crippen LogP contribution is -2.46. The predicted molar refractivity (Wildman–Crippen MR) is 152 cm³/mol. The number of fused-ring (bicyclic) bond motifs is 1. The molecule has 0 aliphatic carbocycles. The molecule has 36 heavy (non-hydrogen) atoms. The van der Waals surface area contributed by atoms with Crippen molar-refractivity contribution >= 4 is 19.2 Å². The Morgan fingerprint density at radius 2 is 1.72 bits per heavy atom. The summed E-state index contributed by atoms with van der Waals surface area (Å²) in [6, 6.07) is 19.5. The van der Waals surface area contributed by atoms with Crippen molar-refractivity contribution in [2.75, 3.05) is 19.6 Å². The fourth-order valence-electron chi connectivity index (χ4n) is 3.92. The number of rotatable bonds is 13. The number of ether oxygens (including phenoxy) is 1. The standard InChI is InChI=1S/C29H43N3O3Si/c1-29(2,3)36(4,5)35-27(21-31-20-11-7-10-19-30)32-26(33)18-17-24-15-12-16-25(28(24)32)34-22-23-13-8-6-9-14-23/h6,8-9,12-18,27,31H,7,10-11,19-22,30H2,1-5H3/t27-/m1/s1. The van der Waals surface area contributed by atoms with Crippen molar-refractivity contribution in [3.63, 3.8) is 0 Å². The molecule has 0 bridgehead atoms. The van der Waals surface area contributed by atoms with Crippen LogP contribution in [0.1, 0.15) is 51.8 Å². The number of aromatic nitrogens is 1. The smallest absolute Gasteiger partial charge is 0.253 e. The molecular weight excluding hydrogens is 466 g/mol. The Hall–Kier alpha value is -2.45. The van der Waals surface area contributed by atoms with E-state index < -0.39 is 14.5 Å². The minimum Gasteiger partial charge on any atom is -0.487 e. The zero-order valence-electron chi connectivity index (χ0n) is 22.5. The van der Waals surface area contributed by atoms with Gasteiger partial charge in [0.2, 0.25) is 0 Å². The summed E-state index contributed by atoms with van der Waals surface area (Å²) in [7, 11) is -2.19. The van der Waals surface area contributed by atoms with Crippen LogP contribution in [-0.2, 0) is 11.0 Å². The van der Waals surface area contributed by atoms with Gasteiger partial charge in [-0.05, 0) is 61.8 Å². The first-order valence-electron chi connectivity index (χ1n) is 13.0. The van der Waals surface area contributed by atoms with Crippen LogP contribution in [0.3, 0.4) is 0 Å². The van der Waals surface area contributed by atoms with Crippen molar-refractivity contribution < 1.29 is 9.16 Å². The number of pyridine rings is 1. The van der Waals surface area contributed by atoms with Gasteiger partial charge in [0.1, 0.15) is 18.6 Å². The molecule has 0 aliphatic heterocycles. The zero-order chi connectivity index (χ0) is 26.2. The second-order valence-electron chi connectivity index (χ2n) is 10.9. The molecule has 0 saturated heterocycles. The lowest BCUT2D eigenvalue weighted by Gasteiger charge is -2.40. The van der Waals surface area contributed by atoms with Crippen LogP contribution < -0.4 is 21.3 Å². The van der Waals surface area contributed by atoms with Crippen molar-refractivity contribution in [3.05, 3.63) is 76.6 Å². The largest absolute Gasteiger partial charge is 0.487 e. The molecule has 0 saturated carbocycles. The summed E-state index contributed by atoms with van der Waals surface area (Å²) in [5.41, 5.74) is 7.40. The number of nitrogens with one attached hydrogen (secondary N) is 1. The molecule has 1 atom stereocenters. The van der Waals surface area contributed by atoms with Crippen molar-refractivity contribution in [1.82, 2.24) is 9.88 Å². The first-order valence-corrected chi connectivity index (χ1v) is 15.9. The van der Waals surface area contributed by atoms with Gasteiger partial charge < -0.3 is 20.2 Å². The van der Waals surface area contributed by atoms with Crippen LogP contribution in [0.4, 0.5) is 0 Å². The van der Waals surface area contributed by atoms with E-state index >= 15 is 0 Å². The monoisotopic (exact) mass is 509 g/mol. The van der Waals surface area contributed by atoms with Gasteiger partial charge in [-0.1, -0.05) is 69.7 Å². The van der Waals surface area contributed by atoms with E-state index in [0.717, 1.165) is 42.3 Å². The molecule has 0 spiro atoms. The summed E-state index contributed by atoms with van der Waals surface area (Å²) in [6.07, 6.45) is 2.71. The van der Waals surface area contributed by atoms with Crippen LogP contribution in [0.2, 0.25) is 18.1 Å². The first kappa shape index (κ1) is 28.1. The van der Waals surface area contributed by atoms with Gasteiger partial charge >= 0.3 is 0 Å². The van der Waals surface area contributed by atoms with Gasteiger partial charge in [0.05, 0.1) is 5.52 Å². The minimum atomic E-state index is -2.19. The average molecular weight is 510 g/mol. The quantitative estimate of drug-likeness (QED) is 0.224. The molecule has 7 heteroatoms. The highest BCUT2D eigenvalue weighted by Gasteiger charge is 2.40. The Kier molecular flexibility index (Phi) is 9.90. The number of hydrogen-bond donors (Lipinski definition) is 2. The molecule has 0 aliphatic rings. The maximum Gasteiger partial charge on any atom is 0.253 e. The third-order valence-electron chi connectivity index (χ3n) is 7.05. The van der Waals surface area contributed by atoms with Crippen LogP contribution in [0, 0.1) is 0 Å². The van der Waals surface area contributed by atoms with E-state index in [2.05, 4.69) is 39.2 Å². The lowest BCUT2D eigenvalue weighted by molar-refractivity contribution is 0.113. The van der Waals surface area contributed by atoms with Crippen LogP contribution in [0.15, 0.2) is 65.5 Å². The maximum atomic E-state index is 13.4. The highest BCUT2D eigenvalue weighted by molar-refractivity contribution is 6.74. The van der Waals surface area contributed by atoms with Crippen molar-refractivity contribution in [2.24, 2.45) is 5.73 Å². The Balaban J connectivity index is 1.99. The molecule has 3 N–H and O–H groups in total.